The third kappa shape index (κ3) is 3.33. The summed E-state index contributed by atoms with van der Waals surface area (Å²) in [5.74, 6) is 0. The molecule has 1 aromatic carbocycles. The highest BCUT2D eigenvalue weighted by atomic mass is 15.3. The lowest BCUT2D eigenvalue weighted by molar-refractivity contribution is -0.936. The Balaban J connectivity index is 2.74. The molecule has 0 atom stereocenters. The first-order chi connectivity index (χ1) is 7.26. The Morgan fingerprint density at radius 3 is 2.13 bits per heavy atom. The Kier molecular flexibility index (Phi) is 4.79. The minimum Gasteiger partial charge on any atom is -0.326 e. The Hall–Kier alpha value is -0.860. The lowest BCUT2D eigenvalue weighted by Gasteiger charge is -2.36. The first kappa shape index (κ1) is 12.2. The van der Waals surface area contributed by atoms with Crippen LogP contribution < -0.4 is 5.73 Å². The van der Waals surface area contributed by atoms with Crippen LogP contribution in [0.4, 0.5) is 0 Å². The molecule has 0 heterocycles. The van der Waals surface area contributed by atoms with Crippen LogP contribution in [-0.4, -0.2) is 30.7 Å². The van der Waals surface area contributed by atoms with Crippen LogP contribution in [0.3, 0.4) is 0 Å². The van der Waals surface area contributed by atoms with Crippen LogP contribution in [0.25, 0.3) is 0 Å². The molecule has 1 rings (SSSR count). The highest BCUT2D eigenvalue weighted by molar-refractivity contribution is 5.13. The fraction of sp³-hybridized carbons (Fsp3) is 0.538. The van der Waals surface area contributed by atoms with E-state index in [0.29, 0.717) is 0 Å². The average Bonchev–Trinajstić information content (AvgIpc) is 2.30. The van der Waals surface area contributed by atoms with Crippen LogP contribution in [0.1, 0.15) is 19.4 Å². The molecule has 0 bridgehead atoms. The maximum atomic E-state index is 5.70. The molecule has 0 aliphatic heterocycles. The number of nitrogens with two attached hydrogens (primary N) is 1. The highest BCUT2D eigenvalue weighted by Gasteiger charge is 2.22. The van der Waals surface area contributed by atoms with Gasteiger partial charge in [0.15, 0.2) is 0 Å². The predicted molar refractivity (Wildman–Crippen MR) is 65.4 cm³/mol. The molecule has 0 amide bonds. The first-order valence-electron chi connectivity index (χ1n) is 5.85. The standard InChI is InChI=1S/C13H23N2/c1-3-15(4-2,11-10-14)12-13-8-6-5-7-9-13/h5-9H,3-4,10-12,14H2,1-2H3/q+1. The molecule has 0 radical (unpaired) electrons. The molecule has 0 spiro atoms. The minimum atomic E-state index is 0.772. The summed E-state index contributed by atoms with van der Waals surface area (Å²) in [4.78, 5) is 0. The summed E-state index contributed by atoms with van der Waals surface area (Å²) in [5.41, 5.74) is 7.12. The maximum Gasteiger partial charge on any atom is 0.104 e. The summed E-state index contributed by atoms with van der Waals surface area (Å²) < 4.78 is 1.10. The van der Waals surface area contributed by atoms with Crippen LogP contribution in [0.15, 0.2) is 30.3 Å². The van der Waals surface area contributed by atoms with E-state index in [2.05, 4.69) is 44.2 Å². The summed E-state index contributed by atoms with van der Waals surface area (Å²) in [7, 11) is 0. The number of nitrogens with zero attached hydrogens (tertiary/aromatic N) is 1. The van der Waals surface area contributed by atoms with Gasteiger partial charge in [-0.25, -0.2) is 0 Å². The van der Waals surface area contributed by atoms with Gasteiger partial charge in [-0.2, -0.15) is 0 Å². The van der Waals surface area contributed by atoms with Gasteiger partial charge in [0.1, 0.15) is 6.54 Å². The zero-order chi connectivity index (χ0) is 11.1. The summed E-state index contributed by atoms with van der Waals surface area (Å²) >= 11 is 0. The number of hydrogen-bond acceptors (Lipinski definition) is 1. The average molecular weight is 207 g/mol. The zero-order valence-corrected chi connectivity index (χ0v) is 9.95. The molecule has 0 aromatic heterocycles. The van der Waals surface area contributed by atoms with Crippen LogP contribution >= 0.6 is 0 Å². The van der Waals surface area contributed by atoms with E-state index in [9.17, 15) is 0 Å². The second-order valence-electron chi connectivity index (χ2n) is 4.13. The Bertz CT molecular complexity index is 265. The monoisotopic (exact) mass is 207 g/mol. The molecule has 1 aromatic rings. The van der Waals surface area contributed by atoms with Crippen molar-refractivity contribution >= 4 is 0 Å². The van der Waals surface area contributed by atoms with E-state index < -0.39 is 0 Å². The van der Waals surface area contributed by atoms with E-state index >= 15 is 0 Å². The van der Waals surface area contributed by atoms with Gasteiger partial charge in [-0.3, -0.25) is 0 Å². The van der Waals surface area contributed by atoms with E-state index in [0.717, 1.165) is 37.2 Å². The molecule has 2 heteroatoms. The minimum absolute atomic E-state index is 0.772. The fourth-order valence-corrected chi connectivity index (χ4v) is 2.09. The maximum absolute atomic E-state index is 5.70. The molecule has 0 unspecified atom stereocenters. The van der Waals surface area contributed by atoms with Crippen LogP contribution in [0.5, 0.6) is 0 Å². The van der Waals surface area contributed by atoms with Crippen LogP contribution in [-0.2, 0) is 6.54 Å². The van der Waals surface area contributed by atoms with Crippen molar-refractivity contribution in [1.29, 1.82) is 0 Å². The smallest absolute Gasteiger partial charge is 0.104 e. The molecule has 0 saturated carbocycles. The van der Waals surface area contributed by atoms with Crippen molar-refractivity contribution in [2.24, 2.45) is 5.73 Å². The van der Waals surface area contributed by atoms with Gasteiger partial charge in [0.05, 0.1) is 19.6 Å². The van der Waals surface area contributed by atoms with E-state index in [1.165, 1.54) is 5.56 Å². The molecule has 15 heavy (non-hydrogen) atoms. The van der Waals surface area contributed by atoms with Gasteiger partial charge < -0.3 is 10.2 Å². The number of quaternary nitrogens is 1. The predicted octanol–water partition coefficient (Wildman–Crippen LogP) is 2.00. The van der Waals surface area contributed by atoms with E-state index in [1.807, 2.05) is 0 Å². The molecular formula is C13H23N2+. The molecular weight excluding hydrogens is 184 g/mol. The third-order valence-electron chi connectivity index (χ3n) is 3.31. The van der Waals surface area contributed by atoms with Gasteiger partial charge >= 0.3 is 0 Å². The van der Waals surface area contributed by atoms with E-state index in [1.54, 1.807) is 0 Å². The van der Waals surface area contributed by atoms with Crippen molar-refractivity contribution in [1.82, 2.24) is 0 Å². The van der Waals surface area contributed by atoms with Crippen molar-refractivity contribution in [3.63, 3.8) is 0 Å². The summed E-state index contributed by atoms with van der Waals surface area (Å²) in [6.07, 6.45) is 0. The van der Waals surface area contributed by atoms with Gasteiger partial charge in [-0.15, -0.1) is 0 Å². The summed E-state index contributed by atoms with van der Waals surface area (Å²) in [5, 5.41) is 0. The van der Waals surface area contributed by atoms with Crippen molar-refractivity contribution in [2.45, 2.75) is 20.4 Å². The van der Waals surface area contributed by atoms with Crippen molar-refractivity contribution < 1.29 is 4.48 Å². The highest BCUT2D eigenvalue weighted by Crippen LogP contribution is 2.13. The first-order valence-corrected chi connectivity index (χ1v) is 5.85. The van der Waals surface area contributed by atoms with Gasteiger partial charge in [0.25, 0.3) is 0 Å². The molecule has 2 nitrogen and oxygen atoms in total. The van der Waals surface area contributed by atoms with Crippen molar-refractivity contribution in [3.8, 4) is 0 Å². The second kappa shape index (κ2) is 5.89. The third-order valence-corrected chi connectivity index (χ3v) is 3.31. The number of rotatable bonds is 6. The topological polar surface area (TPSA) is 26.0 Å². The quantitative estimate of drug-likeness (QED) is 0.709. The number of hydrogen-bond donors (Lipinski definition) is 1. The number of benzene rings is 1. The van der Waals surface area contributed by atoms with E-state index in [4.69, 9.17) is 5.73 Å². The lowest BCUT2D eigenvalue weighted by Crippen LogP contribution is -2.49. The van der Waals surface area contributed by atoms with Gasteiger partial charge in [-0.1, -0.05) is 30.3 Å². The molecule has 2 N–H and O–H groups in total. The second-order valence-corrected chi connectivity index (χ2v) is 4.13. The summed E-state index contributed by atoms with van der Waals surface area (Å²) in [6.45, 7) is 9.76. The normalized spacial score (nSPS) is 11.7. The Morgan fingerprint density at radius 2 is 1.67 bits per heavy atom. The molecule has 0 aliphatic rings. The van der Waals surface area contributed by atoms with Gasteiger partial charge in [0, 0.05) is 12.1 Å². The van der Waals surface area contributed by atoms with Gasteiger partial charge in [-0.05, 0) is 13.8 Å². The molecule has 0 fully saturated rings. The molecule has 84 valence electrons. The van der Waals surface area contributed by atoms with Crippen LogP contribution in [0, 0.1) is 0 Å². The molecule has 0 saturated heterocycles. The lowest BCUT2D eigenvalue weighted by atomic mass is 10.1. The largest absolute Gasteiger partial charge is 0.326 e. The Morgan fingerprint density at radius 1 is 1.07 bits per heavy atom. The Labute approximate surface area is 93.3 Å². The molecule has 0 aliphatic carbocycles. The van der Waals surface area contributed by atoms with Crippen LogP contribution in [0.2, 0.25) is 0 Å². The van der Waals surface area contributed by atoms with E-state index in [-0.39, 0.29) is 0 Å². The van der Waals surface area contributed by atoms with Crippen molar-refractivity contribution in [2.75, 3.05) is 26.2 Å². The SMILES string of the molecule is CC[N+](CC)(CCN)Cc1ccccc1. The van der Waals surface area contributed by atoms with Gasteiger partial charge in [0.2, 0.25) is 0 Å². The number of likely N-dealkylation sites (N-methyl/N-ethyl adjacent to an activating group) is 1. The summed E-state index contributed by atoms with van der Waals surface area (Å²) in [6, 6.07) is 10.7. The zero-order valence-electron chi connectivity index (χ0n) is 9.95. The fourth-order valence-electron chi connectivity index (χ4n) is 2.09. The van der Waals surface area contributed by atoms with Crippen molar-refractivity contribution in [3.05, 3.63) is 35.9 Å².